The number of unbranched alkanes of at least 4 members (excludes halogenated alkanes) is 52. The van der Waals surface area contributed by atoms with Crippen LogP contribution in [0.3, 0.4) is 0 Å². The minimum Gasteiger partial charge on any atom is -0.465 e. The van der Waals surface area contributed by atoms with Crippen LogP contribution in [0, 0.1) is 11.3 Å². The third kappa shape index (κ3) is 48.7. The number of ether oxygens (including phenoxy) is 2. The lowest BCUT2D eigenvalue weighted by molar-refractivity contribution is -0.155. The monoisotopic (exact) mass is 1030 g/mol. The van der Waals surface area contributed by atoms with E-state index in [1.807, 2.05) is 0 Å². The Morgan fingerprint density at radius 3 is 0.849 bits per heavy atom. The maximum atomic E-state index is 12.5. The van der Waals surface area contributed by atoms with Gasteiger partial charge in [-0.3, -0.25) is 9.59 Å². The van der Waals surface area contributed by atoms with Crippen LogP contribution in [0.5, 0.6) is 0 Å². The molecule has 1 heterocycles. The van der Waals surface area contributed by atoms with Crippen molar-refractivity contribution < 1.29 is 29.3 Å². The number of esters is 2. The average molecular weight is 1030 g/mol. The highest BCUT2D eigenvalue weighted by Crippen LogP contribution is 2.25. The summed E-state index contributed by atoms with van der Waals surface area (Å²) in [4.78, 5) is 24.7. The molecular formula is C67H128O6. The molecule has 73 heavy (non-hydrogen) atoms. The molecule has 0 aromatic rings. The number of hydrogen-bond acceptors (Lipinski definition) is 6. The van der Waals surface area contributed by atoms with E-state index in [0.717, 1.165) is 19.3 Å². The summed E-state index contributed by atoms with van der Waals surface area (Å²) < 4.78 is 10.6. The molecule has 1 rings (SSSR count). The Morgan fingerprint density at radius 2 is 0.589 bits per heavy atom. The summed E-state index contributed by atoms with van der Waals surface area (Å²) in [7, 11) is 0. The molecule has 432 valence electrons. The lowest BCUT2D eigenvalue weighted by Crippen LogP contribution is -2.40. The summed E-state index contributed by atoms with van der Waals surface area (Å²) in [6.45, 7) is 1.21. The lowest BCUT2D eigenvalue weighted by Gasteiger charge is -2.27. The normalized spacial score (nSPS) is 15.2. The molecule has 1 fully saturated rings. The summed E-state index contributed by atoms with van der Waals surface area (Å²) in [5.41, 5.74) is -1.13. The Labute approximate surface area is 455 Å². The number of cyclic esters (lactones) is 2. The molecule has 2 N–H and O–H groups in total. The number of carbonyl (C=O) groups is 2. The van der Waals surface area contributed by atoms with E-state index in [1.165, 1.54) is 327 Å². The van der Waals surface area contributed by atoms with Crippen molar-refractivity contribution in [1.29, 1.82) is 0 Å². The Kier molecular flexibility index (Phi) is 54.2. The number of aliphatic hydroxyl groups is 2. The molecule has 1 atom stereocenters. The molecule has 0 radical (unpaired) electrons. The molecule has 0 saturated carbocycles. The van der Waals surface area contributed by atoms with Gasteiger partial charge in [-0.15, -0.1) is 0 Å². The highest BCUT2D eigenvalue weighted by atomic mass is 16.6. The molecule has 0 spiro atoms. The highest BCUT2D eigenvalue weighted by Gasteiger charge is 2.36. The van der Waals surface area contributed by atoms with E-state index in [0.29, 0.717) is 6.42 Å². The van der Waals surface area contributed by atoms with Gasteiger partial charge in [0.2, 0.25) is 0 Å². The molecule has 0 amide bonds. The summed E-state index contributed by atoms with van der Waals surface area (Å²) in [6, 6.07) is 0. The third-order valence-corrected chi connectivity index (χ3v) is 16.5. The maximum absolute atomic E-state index is 12.5. The van der Waals surface area contributed by atoms with Crippen LogP contribution in [0.4, 0.5) is 0 Å². The first-order chi connectivity index (χ1) is 36.1. The van der Waals surface area contributed by atoms with Gasteiger partial charge in [0.1, 0.15) is 13.2 Å². The van der Waals surface area contributed by atoms with Gasteiger partial charge >= 0.3 is 11.9 Å². The first-order valence-corrected chi connectivity index (χ1v) is 33.3. The number of aliphatic hydroxyl groups excluding tert-OH is 2. The quantitative estimate of drug-likeness (QED) is 0.0358. The Bertz CT molecular complexity index is 1150. The van der Waals surface area contributed by atoms with Crippen LogP contribution in [0.1, 0.15) is 366 Å². The zero-order valence-corrected chi connectivity index (χ0v) is 49.2. The molecule has 0 aromatic heterocycles. The first kappa shape index (κ1) is 69.6. The Hall–Kier alpha value is -1.40. The van der Waals surface area contributed by atoms with E-state index in [-0.39, 0.29) is 19.6 Å². The zero-order chi connectivity index (χ0) is 52.5. The predicted molar refractivity (Wildman–Crippen MR) is 315 cm³/mol. The molecule has 6 heteroatoms. The average Bonchev–Trinajstić information content (AvgIpc) is 3.46. The fraction of sp³-hybridized carbons (Fsp3) is 0.940. The molecule has 1 saturated heterocycles. The van der Waals surface area contributed by atoms with Crippen molar-refractivity contribution in [2.75, 3.05) is 26.4 Å². The standard InChI is InChI=1S/C67H128O6/c1-2-3-4-5-6-7-8-9-10-11-12-13-14-15-16-17-18-19-20-21-22-23-24-25-26-27-28-29-30-31-32-33-34-35-36-37-38-39-40-41-42-43-44-45-46-47-48-49-50-51-52-53-54-55-56-57-58-64-59-65(70)72-62-67(60-68,61-69)63-73-66(64)71/h44-45,64,68-69H,2-43,46-63H2,1H3/b45-44+. The minimum absolute atomic E-state index is 0.00190. The fourth-order valence-corrected chi connectivity index (χ4v) is 11.1. The van der Waals surface area contributed by atoms with Crippen molar-refractivity contribution in [2.45, 2.75) is 366 Å². The first-order valence-electron chi connectivity index (χ1n) is 33.3. The highest BCUT2D eigenvalue weighted by molar-refractivity contribution is 5.80. The summed E-state index contributed by atoms with van der Waals surface area (Å²) in [6.07, 6.45) is 81.7. The number of rotatable bonds is 58. The molecule has 6 nitrogen and oxygen atoms in total. The van der Waals surface area contributed by atoms with Gasteiger partial charge in [0, 0.05) is 0 Å². The largest absolute Gasteiger partial charge is 0.465 e. The van der Waals surface area contributed by atoms with Crippen molar-refractivity contribution in [3.63, 3.8) is 0 Å². The van der Waals surface area contributed by atoms with E-state index < -0.39 is 36.5 Å². The van der Waals surface area contributed by atoms with Crippen molar-refractivity contribution in [1.82, 2.24) is 0 Å². The summed E-state index contributed by atoms with van der Waals surface area (Å²) in [5.74, 6) is -1.41. The molecule has 0 aliphatic carbocycles. The molecule has 1 aliphatic rings. The number of allylic oxidation sites excluding steroid dienone is 2. The second kappa shape index (κ2) is 56.8. The molecule has 1 aliphatic heterocycles. The van der Waals surface area contributed by atoms with Gasteiger partial charge in [-0.2, -0.15) is 0 Å². The van der Waals surface area contributed by atoms with Crippen LogP contribution in [-0.4, -0.2) is 48.6 Å². The van der Waals surface area contributed by atoms with E-state index in [1.54, 1.807) is 0 Å². The van der Waals surface area contributed by atoms with E-state index >= 15 is 0 Å². The number of hydrogen-bond donors (Lipinski definition) is 2. The van der Waals surface area contributed by atoms with Gasteiger partial charge in [-0.05, 0) is 32.1 Å². The Morgan fingerprint density at radius 1 is 0.356 bits per heavy atom. The van der Waals surface area contributed by atoms with Gasteiger partial charge in [0.15, 0.2) is 0 Å². The van der Waals surface area contributed by atoms with Crippen LogP contribution in [0.15, 0.2) is 12.2 Å². The van der Waals surface area contributed by atoms with Crippen LogP contribution >= 0.6 is 0 Å². The smallest absolute Gasteiger partial charge is 0.309 e. The van der Waals surface area contributed by atoms with E-state index in [4.69, 9.17) is 9.47 Å². The van der Waals surface area contributed by atoms with Gasteiger partial charge in [0.25, 0.3) is 0 Å². The van der Waals surface area contributed by atoms with Gasteiger partial charge in [-0.25, -0.2) is 0 Å². The van der Waals surface area contributed by atoms with E-state index in [9.17, 15) is 19.8 Å². The summed E-state index contributed by atoms with van der Waals surface area (Å²) in [5, 5.41) is 19.2. The number of carbonyl (C=O) groups excluding carboxylic acids is 2. The van der Waals surface area contributed by atoms with Crippen LogP contribution < -0.4 is 0 Å². The van der Waals surface area contributed by atoms with Crippen LogP contribution in [-0.2, 0) is 19.1 Å². The lowest BCUT2D eigenvalue weighted by atomic mass is 9.92. The molecule has 0 bridgehead atoms. The minimum atomic E-state index is -1.13. The Balaban J connectivity index is 1.68. The zero-order valence-electron chi connectivity index (χ0n) is 49.2. The molecule has 0 aromatic carbocycles. The SMILES string of the molecule is CCCCCCCCCCCCCCCCCCCCCCCCCCCCCCCCCCCCCCCCCCC/C=C/CCCCCCCCCCCCCC1CC(=O)OCC(CO)(CO)COC1=O. The third-order valence-electron chi connectivity index (χ3n) is 16.5. The van der Waals surface area contributed by atoms with Crippen molar-refractivity contribution in [3.05, 3.63) is 12.2 Å². The van der Waals surface area contributed by atoms with Crippen LogP contribution in [0.25, 0.3) is 0 Å². The summed E-state index contributed by atoms with van der Waals surface area (Å²) >= 11 is 0. The molecular weight excluding hydrogens is 901 g/mol. The van der Waals surface area contributed by atoms with E-state index in [2.05, 4.69) is 19.1 Å². The van der Waals surface area contributed by atoms with Crippen LogP contribution in [0.2, 0.25) is 0 Å². The fourth-order valence-electron chi connectivity index (χ4n) is 11.1. The van der Waals surface area contributed by atoms with Gasteiger partial charge in [-0.1, -0.05) is 340 Å². The topological polar surface area (TPSA) is 93.1 Å². The van der Waals surface area contributed by atoms with Crippen molar-refractivity contribution in [2.24, 2.45) is 11.3 Å². The van der Waals surface area contributed by atoms with Crippen molar-refractivity contribution in [3.8, 4) is 0 Å². The second-order valence-electron chi connectivity index (χ2n) is 23.9. The molecule has 1 unspecified atom stereocenters. The maximum Gasteiger partial charge on any atom is 0.309 e. The van der Waals surface area contributed by atoms with Gasteiger partial charge in [0.05, 0.1) is 31.0 Å². The second-order valence-corrected chi connectivity index (χ2v) is 23.9. The van der Waals surface area contributed by atoms with Crippen molar-refractivity contribution >= 4 is 11.9 Å². The van der Waals surface area contributed by atoms with Gasteiger partial charge < -0.3 is 19.7 Å². The predicted octanol–water partition coefficient (Wildman–Crippen LogP) is 21.1.